The van der Waals surface area contributed by atoms with Crippen molar-refractivity contribution in [2.24, 2.45) is 0 Å². The van der Waals surface area contributed by atoms with Gasteiger partial charge >= 0.3 is 0 Å². The number of hydrogen-bond donors (Lipinski definition) is 2. The van der Waals surface area contributed by atoms with E-state index < -0.39 is 0 Å². The van der Waals surface area contributed by atoms with E-state index in [0.717, 1.165) is 12.0 Å². The van der Waals surface area contributed by atoms with Crippen LogP contribution in [0.3, 0.4) is 0 Å². The minimum absolute atomic E-state index is 0.145. The molecule has 0 aliphatic heterocycles. The van der Waals surface area contributed by atoms with Crippen molar-refractivity contribution in [2.75, 3.05) is 6.54 Å². The van der Waals surface area contributed by atoms with Gasteiger partial charge in [0.1, 0.15) is 4.64 Å². The van der Waals surface area contributed by atoms with Crippen molar-refractivity contribution >= 4 is 18.1 Å². The Bertz CT molecular complexity index is 636. The molecule has 0 spiro atoms. The molecule has 19 heavy (non-hydrogen) atoms. The first kappa shape index (κ1) is 13.4. The van der Waals surface area contributed by atoms with Crippen LogP contribution in [0, 0.1) is 11.6 Å². The summed E-state index contributed by atoms with van der Waals surface area (Å²) in [4.78, 5) is 18.8. The third-order valence-corrected chi connectivity index (χ3v) is 3.22. The molecule has 0 radical (unpaired) electrons. The molecule has 0 unspecified atom stereocenters. The lowest BCUT2D eigenvalue weighted by atomic mass is 10.1. The van der Waals surface area contributed by atoms with E-state index in [-0.39, 0.29) is 5.91 Å². The van der Waals surface area contributed by atoms with E-state index in [4.69, 9.17) is 12.2 Å². The molecule has 2 aromatic rings. The predicted molar refractivity (Wildman–Crippen MR) is 76.6 cm³/mol. The number of aromatic nitrogens is 2. The van der Waals surface area contributed by atoms with Crippen molar-refractivity contribution in [1.29, 1.82) is 0 Å². The second kappa shape index (κ2) is 6.24. The third-order valence-electron chi connectivity index (χ3n) is 2.88. The Morgan fingerprint density at radius 1 is 1.47 bits per heavy atom. The summed E-state index contributed by atoms with van der Waals surface area (Å²) >= 11 is 5.07. The zero-order valence-corrected chi connectivity index (χ0v) is 11.5. The van der Waals surface area contributed by atoms with Crippen LogP contribution in [-0.4, -0.2) is 22.4 Å². The van der Waals surface area contributed by atoms with Gasteiger partial charge in [-0.05, 0) is 42.7 Å². The molecule has 2 rings (SSSR count). The molecule has 0 aliphatic rings. The van der Waals surface area contributed by atoms with E-state index in [1.807, 2.05) is 19.2 Å². The summed E-state index contributed by atoms with van der Waals surface area (Å²) in [6.07, 6.45) is 6.07. The molecule has 1 amide bonds. The normalized spacial score (nSPS) is 10.2. The number of hydrogen-bond acceptors (Lipinski definition) is 3. The summed E-state index contributed by atoms with van der Waals surface area (Å²) < 4.78 is 0.458. The smallest absolute Gasteiger partial charge is 0.254 e. The first-order chi connectivity index (χ1) is 9.18. The number of carbonyl (C=O) groups excluding carboxylic acids is 1. The number of nitrogens with zero attached hydrogens (tertiary/aromatic N) is 1. The lowest BCUT2D eigenvalue weighted by Gasteiger charge is -2.07. The largest absolute Gasteiger partial charge is 0.352 e. The van der Waals surface area contributed by atoms with Gasteiger partial charge in [0.2, 0.25) is 0 Å². The van der Waals surface area contributed by atoms with Crippen molar-refractivity contribution in [3.63, 3.8) is 0 Å². The number of rotatable bonds is 4. The Morgan fingerprint density at radius 3 is 3.05 bits per heavy atom. The molecule has 0 saturated carbocycles. The van der Waals surface area contributed by atoms with Gasteiger partial charge in [-0.3, -0.25) is 9.78 Å². The number of aromatic amines is 1. The Hall–Kier alpha value is -2.01. The highest BCUT2D eigenvalue weighted by atomic mass is 32.1. The third kappa shape index (κ3) is 3.48. The first-order valence-corrected chi connectivity index (χ1v) is 6.44. The monoisotopic (exact) mass is 273 g/mol. The zero-order chi connectivity index (χ0) is 13.7. The average Bonchev–Trinajstić information content (AvgIpc) is 2.41. The molecule has 5 heteroatoms. The lowest BCUT2D eigenvalue weighted by molar-refractivity contribution is 0.0953. The Labute approximate surface area is 116 Å². The van der Waals surface area contributed by atoms with Crippen LogP contribution in [0.5, 0.6) is 0 Å². The van der Waals surface area contributed by atoms with Crippen LogP contribution in [-0.2, 0) is 6.42 Å². The lowest BCUT2D eigenvalue weighted by Crippen LogP contribution is -2.26. The van der Waals surface area contributed by atoms with Gasteiger partial charge in [0.15, 0.2) is 0 Å². The van der Waals surface area contributed by atoms with Crippen LogP contribution < -0.4 is 5.32 Å². The molecule has 0 bridgehead atoms. The van der Waals surface area contributed by atoms with Crippen molar-refractivity contribution in [1.82, 2.24) is 15.3 Å². The van der Waals surface area contributed by atoms with Gasteiger partial charge in [0.25, 0.3) is 5.91 Å². The summed E-state index contributed by atoms with van der Waals surface area (Å²) in [7, 11) is 0. The van der Waals surface area contributed by atoms with Crippen molar-refractivity contribution < 1.29 is 4.79 Å². The number of H-pyrrole nitrogens is 1. The topological polar surface area (TPSA) is 57.8 Å². The van der Waals surface area contributed by atoms with E-state index in [0.29, 0.717) is 16.7 Å². The van der Waals surface area contributed by atoms with Crippen LogP contribution in [0.15, 0.2) is 36.8 Å². The Balaban J connectivity index is 1.94. The molecule has 2 N–H and O–H groups in total. The van der Waals surface area contributed by atoms with Crippen LogP contribution in [0.1, 0.15) is 21.5 Å². The van der Waals surface area contributed by atoms with Crippen LogP contribution in [0.25, 0.3) is 0 Å². The number of aryl methyl sites for hydroxylation is 1. The Kier molecular flexibility index (Phi) is 4.41. The second-order valence-electron chi connectivity index (χ2n) is 4.22. The quantitative estimate of drug-likeness (QED) is 0.841. The maximum absolute atomic E-state index is 11.9. The summed E-state index contributed by atoms with van der Waals surface area (Å²) in [5, 5.41) is 2.87. The molecule has 0 fully saturated rings. The van der Waals surface area contributed by atoms with Crippen LogP contribution in [0.2, 0.25) is 0 Å². The molecule has 4 nitrogen and oxygen atoms in total. The average molecular weight is 273 g/mol. The predicted octanol–water partition coefficient (Wildman–Crippen LogP) is 2.42. The molecule has 0 aliphatic carbocycles. The molecule has 98 valence electrons. The van der Waals surface area contributed by atoms with Gasteiger partial charge in [-0.1, -0.05) is 12.2 Å². The minimum atomic E-state index is -0.145. The first-order valence-electron chi connectivity index (χ1n) is 6.04. The van der Waals surface area contributed by atoms with Gasteiger partial charge in [-0.15, -0.1) is 0 Å². The molecule has 0 saturated heterocycles. The fourth-order valence-electron chi connectivity index (χ4n) is 1.79. The second-order valence-corrected chi connectivity index (χ2v) is 4.63. The SMILES string of the molecule is Cc1cnccc1CCNC(=O)c1ccc[nH]c1=S. The molecule has 2 aromatic heterocycles. The molecule has 2 heterocycles. The highest BCUT2D eigenvalue weighted by molar-refractivity contribution is 7.71. The van der Waals surface area contributed by atoms with Gasteiger partial charge < -0.3 is 10.3 Å². The fraction of sp³-hybridized carbons (Fsp3) is 0.214. The van der Waals surface area contributed by atoms with Gasteiger partial charge in [0.05, 0.1) is 5.56 Å². The number of carbonyl (C=O) groups is 1. The minimum Gasteiger partial charge on any atom is -0.352 e. The molecule has 0 atom stereocenters. The van der Waals surface area contributed by atoms with E-state index in [1.54, 1.807) is 24.5 Å². The number of pyridine rings is 2. The number of amides is 1. The van der Waals surface area contributed by atoms with Crippen LogP contribution >= 0.6 is 12.2 Å². The number of nitrogens with one attached hydrogen (secondary N) is 2. The maximum Gasteiger partial charge on any atom is 0.254 e. The van der Waals surface area contributed by atoms with E-state index >= 15 is 0 Å². The standard InChI is InChI=1S/C14H15N3OS/c1-10-9-15-7-4-11(10)5-8-16-13(18)12-3-2-6-17-14(12)19/h2-4,6-7,9H,5,8H2,1H3,(H,16,18)(H,17,19). The summed E-state index contributed by atoms with van der Waals surface area (Å²) in [5.41, 5.74) is 2.83. The van der Waals surface area contributed by atoms with Crippen molar-refractivity contribution in [3.05, 3.63) is 58.1 Å². The van der Waals surface area contributed by atoms with E-state index in [1.165, 1.54) is 5.56 Å². The van der Waals surface area contributed by atoms with Crippen molar-refractivity contribution in [2.45, 2.75) is 13.3 Å². The molecular formula is C14H15N3OS. The van der Waals surface area contributed by atoms with Crippen LogP contribution in [0.4, 0.5) is 0 Å². The maximum atomic E-state index is 11.9. The van der Waals surface area contributed by atoms with Gasteiger partial charge in [-0.2, -0.15) is 0 Å². The van der Waals surface area contributed by atoms with Gasteiger partial charge in [-0.25, -0.2) is 0 Å². The highest BCUT2D eigenvalue weighted by Gasteiger charge is 2.06. The zero-order valence-electron chi connectivity index (χ0n) is 10.6. The summed E-state index contributed by atoms with van der Waals surface area (Å²) in [6.45, 7) is 2.59. The fourth-order valence-corrected chi connectivity index (χ4v) is 2.02. The van der Waals surface area contributed by atoms with Gasteiger partial charge in [0, 0.05) is 25.1 Å². The van der Waals surface area contributed by atoms with Crippen molar-refractivity contribution in [3.8, 4) is 0 Å². The highest BCUT2D eigenvalue weighted by Crippen LogP contribution is 2.05. The van der Waals surface area contributed by atoms with E-state index in [2.05, 4.69) is 15.3 Å². The summed E-state index contributed by atoms with van der Waals surface area (Å²) in [6, 6.07) is 5.44. The molecule has 0 aromatic carbocycles. The summed E-state index contributed by atoms with van der Waals surface area (Å²) in [5.74, 6) is -0.145. The molecular weight excluding hydrogens is 258 g/mol. The van der Waals surface area contributed by atoms with E-state index in [9.17, 15) is 4.79 Å². The Morgan fingerprint density at radius 2 is 2.32 bits per heavy atom.